The molecule has 2 aromatic carbocycles. The van der Waals surface area contributed by atoms with E-state index in [2.05, 4.69) is 42.2 Å². The Balaban J connectivity index is 1.75. The second-order valence-electron chi connectivity index (χ2n) is 7.35. The Morgan fingerprint density at radius 3 is 2.38 bits per heavy atom. The molecule has 4 rings (SSSR count). The van der Waals surface area contributed by atoms with Gasteiger partial charge in [-0.1, -0.05) is 71.9 Å². The third-order valence-corrected chi connectivity index (χ3v) is 6.09. The molecular weight excluding hydrogens is 376 g/mol. The van der Waals surface area contributed by atoms with Crippen molar-refractivity contribution in [3.05, 3.63) is 71.3 Å². The van der Waals surface area contributed by atoms with Gasteiger partial charge in [0.05, 0.1) is 5.69 Å². The van der Waals surface area contributed by atoms with Gasteiger partial charge in [0, 0.05) is 24.4 Å². The zero-order valence-electron chi connectivity index (χ0n) is 16.6. The molecule has 0 aliphatic carbocycles. The third-order valence-electron chi connectivity index (χ3n) is 5.17. The van der Waals surface area contributed by atoms with Crippen molar-refractivity contribution in [2.75, 3.05) is 18.0 Å². The molecule has 0 atom stereocenters. The van der Waals surface area contributed by atoms with E-state index in [1.165, 1.54) is 17.5 Å². The lowest BCUT2D eigenvalue weighted by Crippen LogP contribution is -2.31. The number of hydrogen-bond donors (Lipinski definition) is 0. The van der Waals surface area contributed by atoms with E-state index >= 15 is 0 Å². The van der Waals surface area contributed by atoms with Crippen LogP contribution in [0, 0.1) is 18.3 Å². The lowest BCUT2D eigenvalue weighted by Gasteiger charge is -2.29. The predicted octanol–water partition coefficient (Wildman–Crippen LogP) is 5.61. The fourth-order valence-corrected chi connectivity index (χ4v) is 4.37. The van der Waals surface area contributed by atoms with E-state index in [4.69, 9.17) is 9.97 Å². The third kappa shape index (κ3) is 4.60. The Bertz CT molecular complexity index is 1000. The van der Waals surface area contributed by atoms with Gasteiger partial charge in [-0.3, -0.25) is 0 Å². The standard InChI is InChI=1S/C24H24N4S/c1-18-10-12-20(13-11-18)22-21(16-25)23(28-14-6-3-7-15-28)27-24(26-22)29-17-19-8-4-2-5-9-19/h2,4-5,8-13H,3,6-7,14-15,17H2,1H3. The predicted molar refractivity (Wildman–Crippen MR) is 119 cm³/mol. The summed E-state index contributed by atoms with van der Waals surface area (Å²) in [5, 5.41) is 10.7. The first kappa shape index (κ1) is 19.5. The maximum absolute atomic E-state index is 9.98. The molecule has 0 saturated carbocycles. The Morgan fingerprint density at radius 2 is 1.69 bits per heavy atom. The number of thioether (sulfide) groups is 1. The molecule has 0 spiro atoms. The molecule has 1 saturated heterocycles. The summed E-state index contributed by atoms with van der Waals surface area (Å²) in [7, 11) is 0. The zero-order valence-corrected chi connectivity index (χ0v) is 17.5. The second kappa shape index (κ2) is 9.11. The van der Waals surface area contributed by atoms with E-state index in [-0.39, 0.29) is 0 Å². The molecule has 0 bridgehead atoms. The van der Waals surface area contributed by atoms with Gasteiger partial charge in [0.1, 0.15) is 11.6 Å². The van der Waals surface area contributed by atoms with Crippen LogP contribution in [0.2, 0.25) is 0 Å². The Hall–Kier alpha value is -2.84. The quantitative estimate of drug-likeness (QED) is 0.412. The molecule has 2 heterocycles. The maximum Gasteiger partial charge on any atom is 0.190 e. The van der Waals surface area contributed by atoms with Crippen molar-refractivity contribution in [2.45, 2.75) is 37.1 Å². The summed E-state index contributed by atoms with van der Waals surface area (Å²) in [6.07, 6.45) is 3.52. The summed E-state index contributed by atoms with van der Waals surface area (Å²) >= 11 is 1.62. The van der Waals surface area contributed by atoms with E-state index in [1.807, 2.05) is 30.3 Å². The summed E-state index contributed by atoms with van der Waals surface area (Å²) in [5.41, 5.74) is 4.71. The molecule has 3 aromatic rings. The van der Waals surface area contributed by atoms with Crippen LogP contribution >= 0.6 is 11.8 Å². The van der Waals surface area contributed by atoms with Crippen LogP contribution in [0.4, 0.5) is 5.82 Å². The summed E-state index contributed by atoms with van der Waals surface area (Å²) in [6, 6.07) is 21.0. The number of nitrogens with zero attached hydrogens (tertiary/aromatic N) is 4. The number of hydrogen-bond acceptors (Lipinski definition) is 5. The number of piperidine rings is 1. The van der Waals surface area contributed by atoms with Crippen LogP contribution < -0.4 is 4.90 Å². The van der Waals surface area contributed by atoms with Gasteiger partial charge in [-0.05, 0) is 31.7 Å². The Kier molecular flexibility index (Phi) is 6.12. The highest BCUT2D eigenvalue weighted by atomic mass is 32.2. The topological polar surface area (TPSA) is 52.8 Å². The van der Waals surface area contributed by atoms with Crippen LogP contribution in [-0.4, -0.2) is 23.1 Å². The second-order valence-corrected chi connectivity index (χ2v) is 8.30. The molecule has 4 nitrogen and oxygen atoms in total. The fourth-order valence-electron chi connectivity index (χ4n) is 3.57. The van der Waals surface area contributed by atoms with Gasteiger partial charge in [-0.15, -0.1) is 0 Å². The van der Waals surface area contributed by atoms with Crippen molar-refractivity contribution < 1.29 is 0 Å². The van der Waals surface area contributed by atoms with Crippen LogP contribution in [0.25, 0.3) is 11.3 Å². The molecule has 0 unspecified atom stereocenters. The lowest BCUT2D eigenvalue weighted by atomic mass is 10.0. The average molecular weight is 401 g/mol. The number of anilines is 1. The van der Waals surface area contributed by atoms with Crippen molar-refractivity contribution in [1.82, 2.24) is 9.97 Å². The van der Waals surface area contributed by atoms with Gasteiger partial charge >= 0.3 is 0 Å². The Labute approximate surface area is 176 Å². The van der Waals surface area contributed by atoms with E-state index in [9.17, 15) is 5.26 Å². The van der Waals surface area contributed by atoms with Crippen LogP contribution in [0.1, 0.15) is 36.0 Å². The smallest absolute Gasteiger partial charge is 0.190 e. The van der Waals surface area contributed by atoms with Crippen molar-refractivity contribution in [3.63, 3.8) is 0 Å². The summed E-state index contributed by atoms with van der Waals surface area (Å²) < 4.78 is 0. The first-order valence-corrected chi connectivity index (χ1v) is 11.0. The first-order chi connectivity index (χ1) is 14.2. The molecule has 5 heteroatoms. The van der Waals surface area contributed by atoms with Gasteiger partial charge in [0.25, 0.3) is 0 Å². The van der Waals surface area contributed by atoms with E-state index in [0.717, 1.165) is 53.9 Å². The number of aromatic nitrogens is 2. The van der Waals surface area contributed by atoms with E-state index < -0.39 is 0 Å². The number of nitriles is 1. The Morgan fingerprint density at radius 1 is 0.966 bits per heavy atom. The molecule has 146 valence electrons. The molecule has 1 aromatic heterocycles. The molecule has 1 aliphatic heterocycles. The van der Waals surface area contributed by atoms with E-state index in [0.29, 0.717) is 5.56 Å². The SMILES string of the molecule is Cc1ccc(-c2nc(SCc3ccccc3)nc(N3CCCCC3)c2C#N)cc1. The molecule has 29 heavy (non-hydrogen) atoms. The van der Waals surface area contributed by atoms with Gasteiger partial charge in [0.15, 0.2) is 11.0 Å². The average Bonchev–Trinajstić information content (AvgIpc) is 2.79. The number of rotatable bonds is 5. The zero-order chi connectivity index (χ0) is 20.1. The summed E-state index contributed by atoms with van der Waals surface area (Å²) in [4.78, 5) is 11.9. The minimum absolute atomic E-state index is 0.583. The lowest BCUT2D eigenvalue weighted by molar-refractivity contribution is 0.571. The molecule has 0 N–H and O–H groups in total. The minimum atomic E-state index is 0.583. The van der Waals surface area contributed by atoms with Crippen molar-refractivity contribution in [1.29, 1.82) is 5.26 Å². The van der Waals surface area contributed by atoms with Crippen molar-refractivity contribution in [3.8, 4) is 17.3 Å². The summed E-state index contributed by atoms with van der Waals surface area (Å²) in [5.74, 6) is 1.59. The van der Waals surface area contributed by atoms with Crippen LogP contribution in [0.5, 0.6) is 0 Å². The van der Waals surface area contributed by atoms with Gasteiger partial charge in [-0.25, -0.2) is 9.97 Å². The van der Waals surface area contributed by atoms with Crippen LogP contribution in [0.3, 0.4) is 0 Å². The molecule has 1 fully saturated rings. The minimum Gasteiger partial charge on any atom is -0.355 e. The highest BCUT2D eigenvalue weighted by Gasteiger charge is 2.22. The first-order valence-electron chi connectivity index (χ1n) is 10.1. The molecular formula is C24H24N4S. The molecule has 1 aliphatic rings. The maximum atomic E-state index is 9.98. The van der Waals surface area contributed by atoms with Crippen LogP contribution in [0.15, 0.2) is 59.8 Å². The van der Waals surface area contributed by atoms with Crippen molar-refractivity contribution >= 4 is 17.6 Å². The van der Waals surface area contributed by atoms with Gasteiger partial charge in [-0.2, -0.15) is 5.26 Å². The highest BCUT2D eigenvalue weighted by Crippen LogP contribution is 2.33. The molecule has 0 amide bonds. The van der Waals surface area contributed by atoms with E-state index in [1.54, 1.807) is 11.8 Å². The van der Waals surface area contributed by atoms with Gasteiger partial charge in [0.2, 0.25) is 0 Å². The molecule has 0 radical (unpaired) electrons. The highest BCUT2D eigenvalue weighted by molar-refractivity contribution is 7.98. The monoisotopic (exact) mass is 400 g/mol. The van der Waals surface area contributed by atoms with Crippen molar-refractivity contribution in [2.24, 2.45) is 0 Å². The normalized spacial score (nSPS) is 13.9. The largest absolute Gasteiger partial charge is 0.355 e. The summed E-state index contributed by atoms with van der Waals surface area (Å²) in [6.45, 7) is 3.96. The van der Waals surface area contributed by atoms with Gasteiger partial charge < -0.3 is 4.90 Å². The van der Waals surface area contributed by atoms with Crippen LogP contribution in [-0.2, 0) is 5.75 Å². The number of benzene rings is 2. The fraction of sp³-hybridized carbons (Fsp3) is 0.292. The number of aryl methyl sites for hydroxylation is 1.